The van der Waals surface area contributed by atoms with Crippen molar-refractivity contribution >= 4 is 17.6 Å². The number of benzene rings is 2. The number of fused-ring (bicyclic) bond motifs is 1. The summed E-state index contributed by atoms with van der Waals surface area (Å²) >= 11 is 0. The van der Waals surface area contributed by atoms with Crippen LogP contribution in [0.1, 0.15) is 34.0 Å². The first-order valence-corrected chi connectivity index (χ1v) is 7.59. The molecule has 0 bridgehead atoms. The van der Waals surface area contributed by atoms with Gasteiger partial charge in [0, 0.05) is 12.1 Å². The number of carbonyl (C=O) groups is 2. The highest BCUT2D eigenvalue weighted by Crippen LogP contribution is 2.30. The van der Waals surface area contributed by atoms with Crippen molar-refractivity contribution in [3.8, 4) is 0 Å². The normalized spacial score (nSPS) is 19.7. The number of anilines is 1. The fraction of sp³-hybridized carbons (Fsp3) is 0.263. The minimum atomic E-state index is -1.21. The zero-order chi connectivity index (χ0) is 16.6. The second-order valence-electron chi connectivity index (χ2n) is 6.16. The number of rotatable bonds is 2. The van der Waals surface area contributed by atoms with Crippen LogP contribution in [-0.4, -0.2) is 17.5 Å². The average Bonchev–Trinajstić information content (AvgIpc) is 2.51. The molecule has 0 spiro atoms. The molecule has 23 heavy (non-hydrogen) atoms. The molecule has 0 saturated carbocycles. The molecular weight excluding hydrogens is 290 g/mol. The van der Waals surface area contributed by atoms with E-state index in [9.17, 15) is 9.59 Å². The lowest BCUT2D eigenvalue weighted by atomic mass is 9.89. The number of amides is 1. The van der Waals surface area contributed by atoms with Gasteiger partial charge in [0.05, 0.1) is 5.56 Å². The molecule has 0 aromatic heterocycles. The molecule has 2 aromatic rings. The smallest absolute Gasteiger partial charge is 0.339 e. The van der Waals surface area contributed by atoms with Gasteiger partial charge in [-0.05, 0) is 49.6 Å². The van der Waals surface area contributed by atoms with Gasteiger partial charge in [-0.15, -0.1) is 0 Å². The van der Waals surface area contributed by atoms with E-state index in [0.717, 1.165) is 22.4 Å². The van der Waals surface area contributed by atoms with Crippen LogP contribution in [0.5, 0.6) is 0 Å². The second kappa shape index (κ2) is 5.54. The number of hydrogen-bond acceptors (Lipinski definition) is 3. The molecule has 2 aromatic carbocycles. The zero-order valence-corrected chi connectivity index (χ0v) is 13.5. The second-order valence-corrected chi connectivity index (χ2v) is 6.16. The Morgan fingerprint density at radius 2 is 1.87 bits per heavy atom. The minimum absolute atomic E-state index is 0.311. The van der Waals surface area contributed by atoms with Crippen molar-refractivity contribution in [1.29, 1.82) is 0 Å². The van der Waals surface area contributed by atoms with E-state index in [4.69, 9.17) is 4.74 Å². The zero-order valence-electron chi connectivity index (χ0n) is 13.5. The molecule has 0 fully saturated rings. The van der Waals surface area contributed by atoms with Crippen molar-refractivity contribution < 1.29 is 14.3 Å². The van der Waals surface area contributed by atoms with Crippen LogP contribution in [0.2, 0.25) is 0 Å². The summed E-state index contributed by atoms with van der Waals surface area (Å²) in [5.74, 6) is -0.764. The first-order valence-electron chi connectivity index (χ1n) is 7.59. The van der Waals surface area contributed by atoms with Crippen molar-refractivity contribution in [3.05, 3.63) is 64.7 Å². The van der Waals surface area contributed by atoms with Crippen LogP contribution in [0, 0.1) is 13.8 Å². The summed E-state index contributed by atoms with van der Waals surface area (Å²) in [6.07, 6.45) is 0.367. The van der Waals surface area contributed by atoms with Gasteiger partial charge >= 0.3 is 5.97 Å². The highest BCUT2D eigenvalue weighted by Gasteiger charge is 2.42. The van der Waals surface area contributed by atoms with Crippen molar-refractivity contribution in [2.45, 2.75) is 32.8 Å². The Morgan fingerprint density at radius 1 is 1.13 bits per heavy atom. The molecule has 1 aliphatic rings. The third-order valence-corrected chi connectivity index (χ3v) is 4.42. The van der Waals surface area contributed by atoms with Crippen molar-refractivity contribution in [3.63, 3.8) is 0 Å². The lowest BCUT2D eigenvalue weighted by Crippen LogP contribution is -2.49. The Bertz CT molecular complexity index is 797. The van der Waals surface area contributed by atoms with Crippen molar-refractivity contribution in [1.82, 2.24) is 0 Å². The molecule has 1 atom stereocenters. The lowest BCUT2D eigenvalue weighted by Gasteiger charge is -2.33. The molecule has 3 rings (SSSR count). The molecule has 1 unspecified atom stereocenters. The summed E-state index contributed by atoms with van der Waals surface area (Å²) in [6.45, 7) is 5.60. The van der Waals surface area contributed by atoms with E-state index in [0.29, 0.717) is 12.0 Å². The van der Waals surface area contributed by atoms with Gasteiger partial charge in [0.25, 0.3) is 5.91 Å². The lowest BCUT2D eigenvalue weighted by molar-refractivity contribution is -0.134. The van der Waals surface area contributed by atoms with Crippen LogP contribution in [0.3, 0.4) is 0 Å². The number of hydrogen-bond donors (Lipinski definition) is 1. The number of ether oxygens (including phenoxy) is 1. The summed E-state index contributed by atoms with van der Waals surface area (Å²) in [5.41, 5.74) is 3.01. The maximum atomic E-state index is 12.7. The third-order valence-electron chi connectivity index (χ3n) is 4.42. The van der Waals surface area contributed by atoms with E-state index >= 15 is 0 Å². The Labute approximate surface area is 135 Å². The Morgan fingerprint density at radius 3 is 2.65 bits per heavy atom. The van der Waals surface area contributed by atoms with E-state index in [1.54, 1.807) is 19.1 Å². The monoisotopic (exact) mass is 309 g/mol. The van der Waals surface area contributed by atoms with Crippen LogP contribution in [0.15, 0.2) is 42.5 Å². The van der Waals surface area contributed by atoms with Gasteiger partial charge < -0.3 is 10.1 Å². The van der Waals surface area contributed by atoms with Crippen LogP contribution in [0.25, 0.3) is 0 Å². The number of nitrogens with one attached hydrogen (secondary N) is 1. The Balaban J connectivity index is 1.88. The Hall–Kier alpha value is -2.62. The van der Waals surface area contributed by atoms with E-state index in [1.807, 2.05) is 44.2 Å². The first-order chi connectivity index (χ1) is 10.9. The van der Waals surface area contributed by atoms with Gasteiger partial charge in [0.2, 0.25) is 0 Å². The third kappa shape index (κ3) is 2.72. The fourth-order valence-corrected chi connectivity index (χ4v) is 2.80. The van der Waals surface area contributed by atoms with Gasteiger partial charge in [-0.25, -0.2) is 4.79 Å². The van der Waals surface area contributed by atoms with Crippen molar-refractivity contribution in [2.24, 2.45) is 0 Å². The number of cyclic esters (lactones) is 1. The van der Waals surface area contributed by atoms with Crippen LogP contribution in [0.4, 0.5) is 5.69 Å². The highest BCUT2D eigenvalue weighted by molar-refractivity contribution is 6.02. The maximum Gasteiger partial charge on any atom is 0.339 e. The quantitative estimate of drug-likeness (QED) is 0.865. The molecule has 1 amide bonds. The number of aryl methyl sites for hydroxylation is 1. The molecule has 1 aliphatic heterocycles. The van der Waals surface area contributed by atoms with Crippen LogP contribution >= 0.6 is 0 Å². The minimum Gasteiger partial charge on any atom is -0.445 e. The SMILES string of the molecule is Cc1cccc(NC(=O)C2(C)Cc3ccccc3C(=O)O2)c1C. The van der Waals surface area contributed by atoms with Gasteiger partial charge in [0.1, 0.15) is 0 Å². The van der Waals surface area contributed by atoms with Crippen molar-refractivity contribution in [2.75, 3.05) is 5.32 Å². The standard InChI is InChI=1S/C19H19NO3/c1-12-7-6-10-16(13(12)2)20-18(22)19(3)11-14-8-4-5-9-15(14)17(21)23-19/h4-10H,11H2,1-3H3,(H,20,22). The van der Waals surface area contributed by atoms with E-state index < -0.39 is 11.6 Å². The number of carbonyl (C=O) groups excluding carboxylic acids is 2. The predicted octanol–water partition coefficient (Wildman–Crippen LogP) is 3.41. The van der Waals surface area contributed by atoms with Crippen LogP contribution < -0.4 is 5.32 Å². The molecule has 0 radical (unpaired) electrons. The summed E-state index contributed by atoms with van der Waals surface area (Å²) < 4.78 is 5.45. The highest BCUT2D eigenvalue weighted by atomic mass is 16.6. The molecule has 4 nitrogen and oxygen atoms in total. The van der Waals surface area contributed by atoms with Gasteiger partial charge in [0.15, 0.2) is 5.60 Å². The molecule has 0 saturated heterocycles. The average molecular weight is 309 g/mol. The van der Waals surface area contributed by atoms with E-state index in [2.05, 4.69) is 5.32 Å². The van der Waals surface area contributed by atoms with Gasteiger partial charge in [-0.3, -0.25) is 4.79 Å². The maximum absolute atomic E-state index is 12.7. The van der Waals surface area contributed by atoms with E-state index in [-0.39, 0.29) is 5.91 Å². The summed E-state index contributed by atoms with van der Waals surface area (Å²) in [4.78, 5) is 24.9. The molecule has 4 heteroatoms. The number of esters is 1. The molecule has 118 valence electrons. The predicted molar refractivity (Wildman–Crippen MR) is 88.5 cm³/mol. The fourth-order valence-electron chi connectivity index (χ4n) is 2.80. The molecule has 1 heterocycles. The largest absolute Gasteiger partial charge is 0.445 e. The topological polar surface area (TPSA) is 55.4 Å². The van der Waals surface area contributed by atoms with Gasteiger partial charge in [-0.2, -0.15) is 0 Å². The summed E-state index contributed by atoms with van der Waals surface area (Å²) in [6, 6.07) is 13.0. The summed E-state index contributed by atoms with van der Waals surface area (Å²) in [7, 11) is 0. The van der Waals surface area contributed by atoms with Gasteiger partial charge in [-0.1, -0.05) is 30.3 Å². The van der Waals surface area contributed by atoms with Crippen LogP contribution in [-0.2, 0) is 16.0 Å². The molecule has 1 N–H and O–H groups in total. The van der Waals surface area contributed by atoms with E-state index in [1.165, 1.54) is 0 Å². The molecular formula is C19H19NO3. The Kier molecular flexibility index (Phi) is 3.68. The first kappa shape index (κ1) is 15.3. The summed E-state index contributed by atoms with van der Waals surface area (Å²) in [5, 5.41) is 2.90. The molecule has 0 aliphatic carbocycles.